The summed E-state index contributed by atoms with van der Waals surface area (Å²) in [5, 5.41) is 35.6. The maximum absolute atomic E-state index is 10.2. The number of benzene rings is 2. The second kappa shape index (κ2) is 7.30. The molecule has 0 bridgehead atoms. The van der Waals surface area contributed by atoms with E-state index in [4.69, 9.17) is 20.4 Å². The van der Waals surface area contributed by atoms with E-state index in [1.165, 1.54) is 30.3 Å². The lowest BCUT2D eigenvalue weighted by Crippen LogP contribution is -1.80. The molecule has 0 saturated heterocycles. The lowest BCUT2D eigenvalue weighted by Gasteiger charge is -1.99. The van der Waals surface area contributed by atoms with E-state index in [9.17, 15) is 9.59 Å². The molecule has 0 aliphatic carbocycles. The van der Waals surface area contributed by atoms with Gasteiger partial charge < -0.3 is 20.4 Å². The van der Waals surface area contributed by atoms with Crippen molar-refractivity contribution in [3.63, 3.8) is 0 Å². The van der Waals surface area contributed by atoms with E-state index in [0.29, 0.717) is 28.2 Å². The highest BCUT2D eigenvalue weighted by atomic mass is 79.9. The minimum atomic E-state index is -0.304. The molecule has 7 heteroatoms. The summed E-state index contributed by atoms with van der Waals surface area (Å²) in [5.74, 6) is -1.05. The zero-order valence-corrected chi connectivity index (χ0v) is 12.1. The molecule has 4 N–H and O–H groups in total. The van der Waals surface area contributed by atoms with Crippen molar-refractivity contribution < 1.29 is 30.0 Å². The third kappa shape index (κ3) is 4.50. The van der Waals surface area contributed by atoms with Crippen LogP contribution in [0.5, 0.6) is 23.0 Å². The average molecular weight is 355 g/mol. The molecule has 0 atom stereocenters. The highest BCUT2D eigenvalue weighted by Gasteiger charge is 2.05. The molecule has 0 unspecified atom stereocenters. The van der Waals surface area contributed by atoms with Crippen LogP contribution in [0.2, 0.25) is 0 Å². The lowest BCUT2D eigenvalue weighted by atomic mass is 10.2. The van der Waals surface area contributed by atoms with Crippen LogP contribution in [0.15, 0.2) is 34.8 Å². The fourth-order valence-corrected chi connectivity index (χ4v) is 1.75. The second-order valence-corrected chi connectivity index (χ2v) is 4.71. The van der Waals surface area contributed by atoms with Gasteiger partial charge in [-0.3, -0.25) is 9.59 Å². The first-order valence-electron chi connectivity index (χ1n) is 5.52. The van der Waals surface area contributed by atoms with Gasteiger partial charge in [-0.2, -0.15) is 0 Å². The molecule has 0 aromatic heterocycles. The minimum absolute atomic E-state index is 0.217. The second-order valence-electron chi connectivity index (χ2n) is 3.85. The van der Waals surface area contributed by atoms with E-state index >= 15 is 0 Å². The number of rotatable bonds is 2. The van der Waals surface area contributed by atoms with Crippen LogP contribution in [0.4, 0.5) is 0 Å². The number of hydrogen-bond donors (Lipinski definition) is 4. The van der Waals surface area contributed by atoms with Gasteiger partial charge in [0.15, 0.2) is 23.0 Å². The van der Waals surface area contributed by atoms with Gasteiger partial charge in [0.05, 0.1) is 4.47 Å². The topological polar surface area (TPSA) is 115 Å². The monoisotopic (exact) mass is 354 g/mol. The van der Waals surface area contributed by atoms with E-state index in [1.807, 2.05) is 0 Å². The predicted octanol–water partition coefficient (Wildman–Crippen LogP) is 2.58. The molecule has 21 heavy (non-hydrogen) atoms. The SMILES string of the molecule is O=Cc1cc(O)c(O)c(Br)c1.O=Cc1ccc(O)c(O)c1. The number of hydrogen-bond acceptors (Lipinski definition) is 6. The zero-order valence-electron chi connectivity index (χ0n) is 10.5. The number of aldehydes is 2. The molecule has 0 aliphatic rings. The van der Waals surface area contributed by atoms with E-state index in [-0.39, 0.29) is 23.0 Å². The van der Waals surface area contributed by atoms with E-state index in [2.05, 4.69) is 15.9 Å². The Labute approximate surface area is 128 Å². The summed E-state index contributed by atoms with van der Waals surface area (Å²) in [6.45, 7) is 0. The van der Waals surface area contributed by atoms with Crippen LogP contribution in [0.1, 0.15) is 20.7 Å². The fraction of sp³-hybridized carbons (Fsp3) is 0. The van der Waals surface area contributed by atoms with Gasteiger partial charge >= 0.3 is 0 Å². The molecule has 0 heterocycles. The van der Waals surface area contributed by atoms with Crippen LogP contribution in [-0.4, -0.2) is 33.0 Å². The average Bonchev–Trinajstić information content (AvgIpc) is 2.47. The van der Waals surface area contributed by atoms with Crippen molar-refractivity contribution in [1.29, 1.82) is 0 Å². The molecule has 2 rings (SSSR count). The van der Waals surface area contributed by atoms with Crippen LogP contribution in [-0.2, 0) is 0 Å². The Hall–Kier alpha value is -2.54. The first-order valence-corrected chi connectivity index (χ1v) is 6.32. The lowest BCUT2D eigenvalue weighted by molar-refractivity contribution is 0.111. The van der Waals surface area contributed by atoms with Crippen molar-refractivity contribution >= 4 is 28.5 Å². The Morgan fingerprint density at radius 2 is 1.33 bits per heavy atom. The molecular weight excluding hydrogens is 344 g/mol. The van der Waals surface area contributed by atoms with Crippen molar-refractivity contribution in [2.75, 3.05) is 0 Å². The van der Waals surface area contributed by atoms with E-state index in [0.717, 1.165) is 0 Å². The summed E-state index contributed by atoms with van der Waals surface area (Å²) < 4.78 is 0.305. The summed E-state index contributed by atoms with van der Waals surface area (Å²) in [6.07, 6.45) is 1.18. The number of halogens is 1. The minimum Gasteiger partial charge on any atom is -0.504 e. The molecule has 0 saturated carbocycles. The Bertz CT molecular complexity index is 646. The predicted molar refractivity (Wildman–Crippen MR) is 78.0 cm³/mol. The maximum Gasteiger partial charge on any atom is 0.171 e. The van der Waals surface area contributed by atoms with Crippen LogP contribution < -0.4 is 0 Å². The number of aromatic hydroxyl groups is 4. The van der Waals surface area contributed by atoms with Crippen LogP contribution >= 0.6 is 15.9 Å². The Morgan fingerprint density at radius 3 is 1.81 bits per heavy atom. The Kier molecular flexibility index (Phi) is 5.74. The fourth-order valence-electron chi connectivity index (χ4n) is 1.29. The molecule has 2 aromatic rings. The molecule has 0 fully saturated rings. The standard InChI is InChI=1S/C7H5BrO3.C7H6O3/c8-5-1-4(3-9)2-6(10)7(5)11;8-4-5-1-2-6(9)7(10)3-5/h1-3,10-11H;1-4,9-10H. The molecule has 0 spiro atoms. The highest BCUT2D eigenvalue weighted by Crippen LogP contribution is 2.33. The summed E-state index contributed by atoms with van der Waals surface area (Å²) in [4.78, 5) is 20.3. The van der Waals surface area contributed by atoms with Crippen molar-refractivity contribution in [1.82, 2.24) is 0 Å². The summed E-state index contributed by atoms with van der Waals surface area (Å²) in [6, 6.07) is 6.48. The smallest absolute Gasteiger partial charge is 0.171 e. The molecule has 6 nitrogen and oxygen atoms in total. The first kappa shape index (κ1) is 16.5. The Morgan fingerprint density at radius 1 is 0.762 bits per heavy atom. The van der Waals surface area contributed by atoms with Crippen molar-refractivity contribution in [3.05, 3.63) is 45.9 Å². The summed E-state index contributed by atoms with van der Waals surface area (Å²) >= 11 is 2.97. The van der Waals surface area contributed by atoms with Crippen molar-refractivity contribution in [2.45, 2.75) is 0 Å². The highest BCUT2D eigenvalue weighted by molar-refractivity contribution is 9.10. The summed E-state index contributed by atoms with van der Waals surface area (Å²) in [5.41, 5.74) is 0.655. The van der Waals surface area contributed by atoms with Gasteiger partial charge in [0, 0.05) is 11.1 Å². The van der Waals surface area contributed by atoms with Gasteiger partial charge in [0.25, 0.3) is 0 Å². The quantitative estimate of drug-likeness (QED) is 0.486. The molecule has 2 aromatic carbocycles. The Balaban J connectivity index is 0.000000211. The van der Waals surface area contributed by atoms with E-state index in [1.54, 1.807) is 0 Å². The number of phenolic OH excluding ortho intramolecular Hbond substituents is 4. The van der Waals surface area contributed by atoms with Gasteiger partial charge in [-0.15, -0.1) is 0 Å². The van der Waals surface area contributed by atoms with Gasteiger partial charge in [0.2, 0.25) is 0 Å². The van der Waals surface area contributed by atoms with Crippen molar-refractivity contribution in [3.8, 4) is 23.0 Å². The normalized spacial score (nSPS) is 9.38. The van der Waals surface area contributed by atoms with Crippen LogP contribution in [0, 0.1) is 0 Å². The van der Waals surface area contributed by atoms with Gasteiger partial charge in [-0.25, -0.2) is 0 Å². The third-order valence-electron chi connectivity index (χ3n) is 2.34. The molecular formula is C14H11BrO6. The van der Waals surface area contributed by atoms with Crippen LogP contribution in [0.3, 0.4) is 0 Å². The van der Waals surface area contributed by atoms with Gasteiger partial charge in [-0.05, 0) is 46.3 Å². The van der Waals surface area contributed by atoms with E-state index < -0.39 is 0 Å². The molecule has 0 amide bonds. The maximum atomic E-state index is 10.2. The number of carbonyl (C=O) groups excluding carboxylic acids is 2. The van der Waals surface area contributed by atoms with Crippen molar-refractivity contribution in [2.24, 2.45) is 0 Å². The third-order valence-corrected chi connectivity index (χ3v) is 2.94. The molecule has 0 aliphatic heterocycles. The van der Waals surface area contributed by atoms with Gasteiger partial charge in [-0.1, -0.05) is 0 Å². The number of carbonyl (C=O) groups is 2. The molecule has 0 radical (unpaired) electrons. The summed E-state index contributed by atoms with van der Waals surface area (Å²) in [7, 11) is 0. The first-order chi connectivity index (χ1) is 9.88. The largest absolute Gasteiger partial charge is 0.504 e. The zero-order chi connectivity index (χ0) is 16.0. The molecule has 110 valence electrons. The van der Waals surface area contributed by atoms with Gasteiger partial charge in [0.1, 0.15) is 12.6 Å². The van der Waals surface area contributed by atoms with Crippen LogP contribution in [0.25, 0.3) is 0 Å². The number of phenols is 4.